The number of ether oxygens (including phenoxy) is 1. The molecule has 0 unspecified atom stereocenters. The molecule has 0 N–H and O–H groups in total. The average molecular weight is 414 g/mol. The lowest BCUT2D eigenvalue weighted by Gasteiger charge is -2.41. The van der Waals surface area contributed by atoms with E-state index in [1.165, 1.54) is 18.3 Å². The second-order valence-electron chi connectivity index (χ2n) is 7.65. The summed E-state index contributed by atoms with van der Waals surface area (Å²) in [7, 11) is 0. The Morgan fingerprint density at radius 1 is 1.14 bits per heavy atom. The number of hydrogen-bond acceptors (Lipinski definition) is 5. The van der Waals surface area contributed by atoms with E-state index in [0.29, 0.717) is 42.3 Å². The number of aryl methyl sites for hydroxylation is 1. The number of esters is 1. The number of carbonyl (C=O) groups is 3. The monoisotopic (exact) mass is 413 g/mol. The van der Waals surface area contributed by atoms with Crippen LogP contribution in [0.3, 0.4) is 0 Å². The number of amides is 1. The summed E-state index contributed by atoms with van der Waals surface area (Å²) in [4.78, 5) is 40.6. The number of likely N-dealkylation sites (tertiary alicyclic amines) is 1. The molecule has 154 valence electrons. The van der Waals surface area contributed by atoms with E-state index >= 15 is 0 Å². The zero-order valence-corrected chi connectivity index (χ0v) is 18.0. The smallest absolute Gasteiger partial charge is 0.314 e. The molecule has 29 heavy (non-hydrogen) atoms. The summed E-state index contributed by atoms with van der Waals surface area (Å²) in [5.74, 6) is -0.412. The van der Waals surface area contributed by atoms with Gasteiger partial charge in [-0.05, 0) is 63.3 Å². The predicted octanol–water partition coefficient (Wildman–Crippen LogP) is 4.29. The fourth-order valence-electron chi connectivity index (χ4n) is 3.94. The first-order chi connectivity index (χ1) is 13.9. The normalized spacial score (nSPS) is 19.1. The number of carbonyl (C=O) groups excluding carboxylic acids is 3. The minimum atomic E-state index is -0.753. The number of piperidine rings is 1. The summed E-state index contributed by atoms with van der Waals surface area (Å²) in [6.07, 6.45) is 1.97. The SMILES string of the molecule is CCOC(=O)[C@@]1(Cc2ccccc2C)CCCN(C(=O)c2ccc(C(C)=O)s2)C1. The first-order valence-corrected chi connectivity index (χ1v) is 10.8. The largest absolute Gasteiger partial charge is 0.466 e. The second-order valence-corrected chi connectivity index (χ2v) is 8.74. The van der Waals surface area contributed by atoms with Gasteiger partial charge in [0.1, 0.15) is 0 Å². The maximum atomic E-state index is 13.1. The molecule has 2 aromatic rings. The predicted molar refractivity (Wildman–Crippen MR) is 113 cm³/mol. The van der Waals surface area contributed by atoms with Crippen molar-refractivity contribution in [2.75, 3.05) is 19.7 Å². The van der Waals surface area contributed by atoms with Gasteiger partial charge >= 0.3 is 5.97 Å². The van der Waals surface area contributed by atoms with Crippen LogP contribution in [-0.4, -0.2) is 42.3 Å². The third kappa shape index (κ3) is 4.58. The van der Waals surface area contributed by atoms with Crippen molar-refractivity contribution in [2.24, 2.45) is 5.41 Å². The van der Waals surface area contributed by atoms with Crippen molar-refractivity contribution < 1.29 is 19.1 Å². The maximum Gasteiger partial charge on any atom is 0.314 e. The van der Waals surface area contributed by atoms with E-state index in [1.54, 1.807) is 24.0 Å². The van der Waals surface area contributed by atoms with Gasteiger partial charge in [0.05, 0.1) is 21.8 Å². The fraction of sp³-hybridized carbons (Fsp3) is 0.435. The lowest BCUT2D eigenvalue weighted by molar-refractivity contribution is -0.158. The highest BCUT2D eigenvalue weighted by atomic mass is 32.1. The summed E-state index contributed by atoms with van der Waals surface area (Å²) < 4.78 is 5.45. The van der Waals surface area contributed by atoms with E-state index in [0.717, 1.165) is 17.5 Å². The molecule has 1 aromatic heterocycles. The van der Waals surface area contributed by atoms with Crippen LogP contribution in [0, 0.1) is 12.3 Å². The van der Waals surface area contributed by atoms with Crippen LogP contribution < -0.4 is 0 Å². The van der Waals surface area contributed by atoms with Gasteiger partial charge in [0.25, 0.3) is 5.91 Å². The highest BCUT2D eigenvalue weighted by Crippen LogP contribution is 2.37. The van der Waals surface area contributed by atoms with Gasteiger partial charge in [-0.25, -0.2) is 0 Å². The molecular weight excluding hydrogens is 386 g/mol. The zero-order chi connectivity index (χ0) is 21.0. The van der Waals surface area contributed by atoms with Gasteiger partial charge in [-0.2, -0.15) is 0 Å². The molecular formula is C23H27NO4S. The van der Waals surface area contributed by atoms with Gasteiger partial charge in [0, 0.05) is 13.1 Å². The second kappa shape index (κ2) is 8.91. The van der Waals surface area contributed by atoms with Gasteiger partial charge in [-0.3, -0.25) is 14.4 Å². The average Bonchev–Trinajstić information content (AvgIpc) is 3.20. The van der Waals surface area contributed by atoms with Gasteiger partial charge in [0.15, 0.2) is 5.78 Å². The molecule has 1 atom stereocenters. The third-order valence-corrected chi connectivity index (χ3v) is 6.70. The van der Waals surface area contributed by atoms with Crippen molar-refractivity contribution in [2.45, 2.75) is 40.0 Å². The van der Waals surface area contributed by atoms with Crippen LogP contribution in [-0.2, 0) is 16.0 Å². The molecule has 0 saturated carbocycles. The molecule has 1 aromatic carbocycles. The van der Waals surface area contributed by atoms with Gasteiger partial charge in [0.2, 0.25) is 0 Å². The maximum absolute atomic E-state index is 13.1. The summed E-state index contributed by atoms with van der Waals surface area (Å²) >= 11 is 1.21. The van der Waals surface area contributed by atoms with E-state index in [9.17, 15) is 14.4 Å². The molecule has 0 aliphatic carbocycles. The first-order valence-electron chi connectivity index (χ1n) is 9.98. The molecule has 5 nitrogen and oxygen atoms in total. The van der Waals surface area contributed by atoms with Crippen molar-refractivity contribution in [3.05, 3.63) is 57.3 Å². The van der Waals surface area contributed by atoms with Crippen LogP contribution in [0.2, 0.25) is 0 Å². The molecule has 6 heteroatoms. The van der Waals surface area contributed by atoms with Crippen LogP contribution in [0.4, 0.5) is 0 Å². The topological polar surface area (TPSA) is 63.7 Å². The quantitative estimate of drug-likeness (QED) is 0.524. The Morgan fingerprint density at radius 2 is 1.86 bits per heavy atom. The summed E-state index contributed by atoms with van der Waals surface area (Å²) in [5.41, 5.74) is 1.48. The number of Topliss-reactive ketones (excluding diaryl/α,β-unsaturated/α-hetero) is 1. The van der Waals surface area contributed by atoms with E-state index < -0.39 is 5.41 Å². The summed E-state index contributed by atoms with van der Waals surface area (Å²) in [5, 5.41) is 0. The van der Waals surface area contributed by atoms with Crippen molar-refractivity contribution in [1.29, 1.82) is 0 Å². The Bertz CT molecular complexity index is 919. The fourth-order valence-corrected chi connectivity index (χ4v) is 4.81. The molecule has 0 radical (unpaired) electrons. The zero-order valence-electron chi connectivity index (χ0n) is 17.2. The highest BCUT2D eigenvalue weighted by molar-refractivity contribution is 7.15. The standard InChI is InChI=1S/C23H27NO4S/c1-4-28-22(27)23(14-18-9-6-5-8-16(18)2)12-7-13-24(15-23)21(26)20-11-10-19(29-20)17(3)25/h5-6,8-11H,4,7,12-15H2,1-3H3/t23-/m1/s1. The molecule has 0 bridgehead atoms. The van der Waals surface area contributed by atoms with Crippen molar-refractivity contribution in [1.82, 2.24) is 4.90 Å². The molecule has 3 rings (SSSR count). The molecule has 1 saturated heterocycles. The molecule has 0 spiro atoms. The summed E-state index contributed by atoms with van der Waals surface area (Å²) in [6, 6.07) is 11.4. The van der Waals surface area contributed by atoms with Crippen LogP contribution in [0.5, 0.6) is 0 Å². The third-order valence-electron chi connectivity index (χ3n) is 5.53. The van der Waals surface area contributed by atoms with Crippen molar-refractivity contribution >= 4 is 29.0 Å². The Hall–Kier alpha value is -2.47. The minimum absolute atomic E-state index is 0.0480. The number of benzene rings is 1. The van der Waals surface area contributed by atoms with Crippen molar-refractivity contribution in [3.63, 3.8) is 0 Å². The Kier molecular flexibility index (Phi) is 6.52. The van der Waals surface area contributed by atoms with E-state index in [4.69, 9.17) is 4.74 Å². The van der Waals surface area contributed by atoms with Crippen LogP contribution in [0.25, 0.3) is 0 Å². The van der Waals surface area contributed by atoms with Crippen LogP contribution in [0.1, 0.15) is 57.2 Å². The molecule has 1 aliphatic heterocycles. The minimum Gasteiger partial charge on any atom is -0.466 e. The lowest BCUT2D eigenvalue weighted by atomic mass is 9.74. The van der Waals surface area contributed by atoms with E-state index in [1.807, 2.05) is 31.2 Å². The van der Waals surface area contributed by atoms with E-state index in [2.05, 4.69) is 0 Å². The van der Waals surface area contributed by atoms with Gasteiger partial charge < -0.3 is 9.64 Å². The lowest BCUT2D eigenvalue weighted by Crippen LogP contribution is -2.51. The number of nitrogens with zero attached hydrogens (tertiary/aromatic N) is 1. The van der Waals surface area contributed by atoms with Gasteiger partial charge in [-0.1, -0.05) is 24.3 Å². The number of ketones is 1. The molecule has 1 fully saturated rings. The number of hydrogen-bond donors (Lipinski definition) is 0. The molecule has 1 amide bonds. The van der Waals surface area contributed by atoms with Gasteiger partial charge in [-0.15, -0.1) is 11.3 Å². The molecule has 2 heterocycles. The van der Waals surface area contributed by atoms with Crippen LogP contribution >= 0.6 is 11.3 Å². The number of rotatable bonds is 6. The van der Waals surface area contributed by atoms with Crippen molar-refractivity contribution in [3.8, 4) is 0 Å². The van der Waals surface area contributed by atoms with E-state index in [-0.39, 0.29) is 17.7 Å². The van der Waals surface area contributed by atoms with Crippen LogP contribution in [0.15, 0.2) is 36.4 Å². The highest BCUT2D eigenvalue weighted by Gasteiger charge is 2.45. The molecule has 1 aliphatic rings. The first kappa shape index (κ1) is 21.2. The Morgan fingerprint density at radius 3 is 2.52 bits per heavy atom. The number of thiophene rings is 1. The Labute approximate surface area is 175 Å². The Balaban J connectivity index is 1.88. The summed E-state index contributed by atoms with van der Waals surface area (Å²) in [6.45, 7) is 6.58.